The monoisotopic (exact) mass is 281 g/mol. The van der Waals surface area contributed by atoms with Gasteiger partial charge in [-0.1, -0.05) is 13.0 Å². The number of carbonyl (C=O) groups is 1. The predicted molar refractivity (Wildman–Crippen MR) is 72.0 cm³/mol. The molecule has 1 aromatic rings. The van der Waals surface area contributed by atoms with E-state index in [1.165, 1.54) is 7.05 Å². The molecule has 0 bridgehead atoms. The average Bonchev–Trinajstić information content (AvgIpc) is 2.78. The first-order chi connectivity index (χ1) is 9.64. The first-order valence-corrected chi connectivity index (χ1v) is 6.68. The van der Waals surface area contributed by atoms with E-state index in [-0.39, 0.29) is 0 Å². The molecule has 20 heavy (non-hydrogen) atoms. The molecule has 1 heterocycles. The number of hydrogen-bond donors (Lipinski definition) is 1. The summed E-state index contributed by atoms with van der Waals surface area (Å²) in [6, 6.07) is 5.13. The van der Waals surface area contributed by atoms with Gasteiger partial charge in [0.05, 0.1) is 13.0 Å². The Balaban J connectivity index is 2.26. The van der Waals surface area contributed by atoms with Crippen molar-refractivity contribution in [2.24, 2.45) is 0 Å². The van der Waals surface area contributed by atoms with Gasteiger partial charge in [-0.15, -0.1) is 0 Å². The number of fused-ring (bicyclic) bond motifs is 1. The molecule has 0 radical (unpaired) electrons. The molecule has 1 amide bonds. The summed E-state index contributed by atoms with van der Waals surface area (Å²) < 4.78 is 22.3. The molecule has 6 heteroatoms. The maximum atomic E-state index is 11.3. The van der Waals surface area contributed by atoms with Crippen molar-refractivity contribution < 1.29 is 23.7 Å². The number of carbonyl (C=O) groups excluding carboxylic acids is 1. The first-order valence-electron chi connectivity index (χ1n) is 6.68. The van der Waals surface area contributed by atoms with Crippen LogP contribution in [0, 0.1) is 0 Å². The summed E-state index contributed by atoms with van der Waals surface area (Å²) in [5.41, 5.74) is 0. The van der Waals surface area contributed by atoms with Crippen molar-refractivity contribution in [3.63, 3.8) is 0 Å². The zero-order valence-electron chi connectivity index (χ0n) is 11.9. The minimum Gasteiger partial charge on any atom is -0.426 e. The third-order valence-corrected chi connectivity index (χ3v) is 2.79. The van der Waals surface area contributed by atoms with Crippen LogP contribution < -0.4 is 19.5 Å². The van der Waals surface area contributed by atoms with Gasteiger partial charge in [0, 0.05) is 7.05 Å². The normalized spacial score (nSPS) is 19.8. The van der Waals surface area contributed by atoms with E-state index >= 15 is 0 Å². The molecule has 0 aromatic heterocycles. The maximum Gasteiger partial charge on any atom is 0.412 e. The fraction of sp³-hybridized carbons (Fsp3) is 0.500. The molecule has 0 saturated heterocycles. The van der Waals surface area contributed by atoms with Gasteiger partial charge in [0.25, 0.3) is 0 Å². The van der Waals surface area contributed by atoms with E-state index in [1.54, 1.807) is 18.2 Å². The van der Waals surface area contributed by atoms with Crippen LogP contribution in [0.3, 0.4) is 0 Å². The zero-order chi connectivity index (χ0) is 14.6. The largest absolute Gasteiger partial charge is 0.426 e. The second kappa shape index (κ2) is 6.00. The molecule has 0 saturated carbocycles. The predicted octanol–water partition coefficient (Wildman–Crippen LogP) is 2.67. The van der Waals surface area contributed by atoms with E-state index in [0.29, 0.717) is 30.3 Å². The Morgan fingerprint density at radius 3 is 2.80 bits per heavy atom. The fourth-order valence-corrected chi connectivity index (χ4v) is 2.01. The van der Waals surface area contributed by atoms with Crippen LogP contribution in [-0.4, -0.2) is 25.7 Å². The number of rotatable bonds is 5. The number of amides is 1. The van der Waals surface area contributed by atoms with Crippen LogP contribution >= 0.6 is 0 Å². The van der Waals surface area contributed by atoms with Crippen molar-refractivity contribution in [2.45, 2.75) is 32.7 Å². The van der Waals surface area contributed by atoms with Crippen LogP contribution in [-0.2, 0) is 4.74 Å². The number of benzene rings is 1. The Morgan fingerprint density at radius 1 is 1.35 bits per heavy atom. The van der Waals surface area contributed by atoms with Gasteiger partial charge in [0.1, 0.15) is 0 Å². The van der Waals surface area contributed by atoms with Crippen LogP contribution in [0.2, 0.25) is 0 Å². The number of nitrogens with one attached hydrogen (secondary N) is 1. The summed E-state index contributed by atoms with van der Waals surface area (Å²) in [4.78, 5) is 11.3. The second-order valence-electron chi connectivity index (χ2n) is 4.29. The minimum absolute atomic E-state index is 0.305. The van der Waals surface area contributed by atoms with Crippen molar-refractivity contribution in [3.05, 3.63) is 18.2 Å². The van der Waals surface area contributed by atoms with Crippen molar-refractivity contribution in [1.29, 1.82) is 0 Å². The highest BCUT2D eigenvalue weighted by atomic mass is 16.9. The molecule has 0 fully saturated rings. The standard InChI is InChI=1S/C14H19NO5/c1-4-9-14(17-5-2)19-11-8-6-7-10(12(11)20-14)18-13(16)15-3/h6-8H,4-5,9H2,1-3H3,(H,15,16). The maximum absolute atomic E-state index is 11.3. The molecular formula is C14H19NO5. The van der Waals surface area contributed by atoms with Crippen LogP contribution in [0.1, 0.15) is 26.7 Å². The molecule has 0 aliphatic carbocycles. The number of hydrogen-bond acceptors (Lipinski definition) is 5. The van der Waals surface area contributed by atoms with Gasteiger partial charge in [0.15, 0.2) is 11.5 Å². The van der Waals surface area contributed by atoms with E-state index in [1.807, 2.05) is 13.8 Å². The third-order valence-electron chi connectivity index (χ3n) is 2.79. The van der Waals surface area contributed by atoms with E-state index in [4.69, 9.17) is 18.9 Å². The molecule has 0 spiro atoms. The third kappa shape index (κ3) is 2.80. The van der Waals surface area contributed by atoms with Gasteiger partial charge in [-0.05, 0) is 25.5 Å². The Hall–Kier alpha value is -1.95. The molecule has 1 aliphatic heterocycles. The van der Waals surface area contributed by atoms with Crippen LogP contribution in [0.15, 0.2) is 18.2 Å². The van der Waals surface area contributed by atoms with Crippen molar-refractivity contribution in [1.82, 2.24) is 5.32 Å². The van der Waals surface area contributed by atoms with E-state index in [2.05, 4.69) is 5.32 Å². The average molecular weight is 281 g/mol. The fourth-order valence-electron chi connectivity index (χ4n) is 2.01. The van der Waals surface area contributed by atoms with Gasteiger partial charge in [-0.3, -0.25) is 0 Å². The lowest BCUT2D eigenvalue weighted by Gasteiger charge is -2.26. The molecule has 1 aliphatic rings. The smallest absolute Gasteiger partial charge is 0.412 e. The number of ether oxygens (including phenoxy) is 4. The van der Waals surface area contributed by atoms with E-state index in [9.17, 15) is 4.79 Å². The SMILES string of the molecule is CCCC1(OCC)Oc2cccc(OC(=O)NC)c2O1. The zero-order valence-corrected chi connectivity index (χ0v) is 11.9. The second-order valence-corrected chi connectivity index (χ2v) is 4.29. The Labute approximate surface area is 118 Å². The van der Waals surface area contributed by atoms with Crippen LogP contribution in [0.4, 0.5) is 4.79 Å². The lowest BCUT2D eigenvalue weighted by atomic mass is 10.3. The molecule has 1 atom stereocenters. The number of para-hydroxylation sites is 1. The first kappa shape index (κ1) is 14.5. The molecule has 6 nitrogen and oxygen atoms in total. The highest BCUT2D eigenvalue weighted by Gasteiger charge is 2.43. The van der Waals surface area contributed by atoms with E-state index in [0.717, 1.165) is 6.42 Å². The van der Waals surface area contributed by atoms with Crippen molar-refractivity contribution in [2.75, 3.05) is 13.7 Å². The van der Waals surface area contributed by atoms with Crippen molar-refractivity contribution in [3.8, 4) is 17.2 Å². The molecule has 1 unspecified atom stereocenters. The molecule has 110 valence electrons. The lowest BCUT2D eigenvalue weighted by Crippen LogP contribution is -2.41. The van der Waals surface area contributed by atoms with Gasteiger partial charge >= 0.3 is 12.1 Å². The van der Waals surface area contributed by atoms with Gasteiger partial charge in [-0.25, -0.2) is 4.79 Å². The summed E-state index contributed by atoms with van der Waals surface area (Å²) in [7, 11) is 1.49. The highest BCUT2D eigenvalue weighted by Crippen LogP contribution is 2.47. The van der Waals surface area contributed by atoms with Crippen LogP contribution in [0.25, 0.3) is 0 Å². The molecule has 1 aromatic carbocycles. The molecule has 2 rings (SSSR count). The lowest BCUT2D eigenvalue weighted by molar-refractivity contribution is -0.283. The molecule has 1 N–H and O–H groups in total. The van der Waals surface area contributed by atoms with E-state index < -0.39 is 12.1 Å². The quantitative estimate of drug-likeness (QED) is 0.898. The Bertz CT molecular complexity index is 482. The van der Waals surface area contributed by atoms with Gasteiger partial charge < -0.3 is 24.3 Å². The minimum atomic E-state index is -1.13. The van der Waals surface area contributed by atoms with Crippen LogP contribution in [0.5, 0.6) is 17.2 Å². The summed E-state index contributed by atoms with van der Waals surface area (Å²) in [6.07, 6.45) is 0.848. The highest BCUT2D eigenvalue weighted by molar-refractivity contribution is 5.72. The van der Waals surface area contributed by atoms with Gasteiger partial charge in [-0.2, -0.15) is 0 Å². The van der Waals surface area contributed by atoms with Gasteiger partial charge in [0.2, 0.25) is 5.75 Å². The molecular weight excluding hydrogens is 262 g/mol. The Kier molecular flexibility index (Phi) is 4.34. The summed E-state index contributed by atoms with van der Waals surface area (Å²) in [6.45, 7) is 4.34. The Morgan fingerprint density at radius 2 is 2.15 bits per heavy atom. The summed E-state index contributed by atoms with van der Waals surface area (Å²) in [5, 5.41) is 2.39. The topological polar surface area (TPSA) is 66.0 Å². The summed E-state index contributed by atoms with van der Waals surface area (Å²) in [5.74, 6) is 0.0689. The summed E-state index contributed by atoms with van der Waals surface area (Å²) >= 11 is 0. The van der Waals surface area contributed by atoms with Crippen molar-refractivity contribution >= 4 is 6.09 Å².